The van der Waals surface area contributed by atoms with Gasteiger partial charge in [-0.15, -0.1) is 0 Å². The second-order valence-corrected chi connectivity index (χ2v) is 8.23. The molecule has 170 valence electrons. The van der Waals surface area contributed by atoms with Crippen molar-refractivity contribution in [3.63, 3.8) is 0 Å². The SMILES string of the molecule is COc1ccccc1NC(=O)C1CCN(C(=O)c2ccc(OCC3CCCO3)cc2)CC1. The van der Waals surface area contributed by atoms with Gasteiger partial charge in [0, 0.05) is 31.2 Å². The Kier molecular flexibility index (Phi) is 7.27. The second kappa shape index (κ2) is 10.5. The van der Waals surface area contributed by atoms with E-state index in [0.29, 0.717) is 49.5 Å². The molecule has 0 aromatic heterocycles. The van der Waals surface area contributed by atoms with E-state index in [1.807, 2.05) is 41.3 Å². The third-order valence-corrected chi connectivity index (χ3v) is 6.08. The standard InChI is InChI=1S/C25H30N2O5/c1-30-23-7-3-2-6-22(23)26-24(28)18-12-14-27(15-13-18)25(29)19-8-10-20(11-9-19)32-17-21-5-4-16-31-21/h2-3,6-11,18,21H,4-5,12-17H2,1H3,(H,26,28). The molecule has 2 heterocycles. The molecule has 4 rings (SSSR count). The Morgan fingerprint density at radius 1 is 1.06 bits per heavy atom. The molecule has 32 heavy (non-hydrogen) atoms. The minimum atomic E-state index is -0.127. The Labute approximate surface area is 188 Å². The van der Waals surface area contributed by atoms with Gasteiger partial charge in [0.25, 0.3) is 5.91 Å². The van der Waals surface area contributed by atoms with E-state index >= 15 is 0 Å². The van der Waals surface area contributed by atoms with E-state index in [0.717, 1.165) is 25.2 Å². The summed E-state index contributed by atoms with van der Waals surface area (Å²) < 4.78 is 16.6. The van der Waals surface area contributed by atoms with Crippen molar-refractivity contribution in [2.24, 2.45) is 5.92 Å². The number of hydrogen-bond donors (Lipinski definition) is 1. The van der Waals surface area contributed by atoms with E-state index in [-0.39, 0.29) is 23.8 Å². The Hall–Kier alpha value is -3.06. The summed E-state index contributed by atoms with van der Waals surface area (Å²) in [7, 11) is 1.58. The van der Waals surface area contributed by atoms with Crippen LogP contribution in [0.15, 0.2) is 48.5 Å². The molecule has 1 atom stereocenters. The van der Waals surface area contributed by atoms with Gasteiger partial charge in [0.2, 0.25) is 5.91 Å². The number of benzene rings is 2. The summed E-state index contributed by atoms with van der Waals surface area (Å²) in [6, 6.07) is 14.6. The molecule has 2 amide bonds. The monoisotopic (exact) mass is 438 g/mol. The van der Waals surface area contributed by atoms with Gasteiger partial charge >= 0.3 is 0 Å². The molecule has 7 nitrogen and oxygen atoms in total. The molecule has 2 aromatic carbocycles. The zero-order chi connectivity index (χ0) is 22.3. The highest BCUT2D eigenvalue weighted by molar-refractivity contribution is 5.96. The van der Waals surface area contributed by atoms with Crippen LogP contribution in [0.4, 0.5) is 5.69 Å². The summed E-state index contributed by atoms with van der Waals surface area (Å²) in [5.41, 5.74) is 1.30. The Morgan fingerprint density at radius 2 is 1.81 bits per heavy atom. The molecule has 1 unspecified atom stereocenters. The molecule has 2 saturated heterocycles. The van der Waals surface area contributed by atoms with Gasteiger partial charge in [-0.2, -0.15) is 0 Å². The van der Waals surface area contributed by atoms with E-state index in [2.05, 4.69) is 5.32 Å². The summed E-state index contributed by atoms with van der Waals surface area (Å²) in [5, 5.41) is 2.96. The van der Waals surface area contributed by atoms with Gasteiger partial charge in [-0.25, -0.2) is 0 Å². The van der Waals surface area contributed by atoms with E-state index in [1.165, 1.54) is 0 Å². The molecule has 0 spiro atoms. The maximum atomic E-state index is 12.9. The number of piperidine rings is 1. The number of rotatable bonds is 7. The topological polar surface area (TPSA) is 77.1 Å². The van der Waals surface area contributed by atoms with Gasteiger partial charge < -0.3 is 24.4 Å². The molecule has 7 heteroatoms. The van der Waals surface area contributed by atoms with Crippen molar-refractivity contribution in [1.82, 2.24) is 4.90 Å². The number of carbonyl (C=O) groups is 2. The Balaban J connectivity index is 1.26. The van der Waals surface area contributed by atoms with Gasteiger partial charge in [-0.3, -0.25) is 9.59 Å². The van der Waals surface area contributed by atoms with Crippen LogP contribution in [-0.4, -0.2) is 56.2 Å². The van der Waals surface area contributed by atoms with Gasteiger partial charge in [0.05, 0.1) is 18.9 Å². The average Bonchev–Trinajstić information content (AvgIpc) is 3.37. The van der Waals surface area contributed by atoms with E-state index in [1.54, 1.807) is 19.2 Å². The minimum absolute atomic E-state index is 0.0146. The lowest BCUT2D eigenvalue weighted by molar-refractivity contribution is -0.121. The van der Waals surface area contributed by atoms with Gasteiger partial charge in [-0.1, -0.05) is 12.1 Å². The number of para-hydroxylation sites is 2. The fourth-order valence-corrected chi connectivity index (χ4v) is 4.17. The first-order valence-electron chi connectivity index (χ1n) is 11.2. The van der Waals surface area contributed by atoms with Crippen molar-refractivity contribution in [1.29, 1.82) is 0 Å². The van der Waals surface area contributed by atoms with Crippen LogP contribution in [0, 0.1) is 5.92 Å². The number of nitrogens with zero attached hydrogens (tertiary/aromatic N) is 1. The highest BCUT2D eigenvalue weighted by Gasteiger charge is 2.28. The smallest absolute Gasteiger partial charge is 0.253 e. The number of anilines is 1. The van der Waals surface area contributed by atoms with Crippen molar-refractivity contribution in [2.45, 2.75) is 31.8 Å². The molecule has 0 bridgehead atoms. The van der Waals surface area contributed by atoms with E-state index in [9.17, 15) is 9.59 Å². The number of amides is 2. The first-order chi connectivity index (χ1) is 15.6. The normalized spacial score (nSPS) is 18.9. The van der Waals surface area contributed by atoms with Crippen LogP contribution in [0.5, 0.6) is 11.5 Å². The molecule has 2 aromatic rings. The van der Waals surface area contributed by atoms with Crippen molar-refractivity contribution < 1.29 is 23.8 Å². The second-order valence-electron chi connectivity index (χ2n) is 8.23. The molecular formula is C25H30N2O5. The maximum absolute atomic E-state index is 12.9. The van der Waals surface area contributed by atoms with Gasteiger partial charge in [0.1, 0.15) is 18.1 Å². The zero-order valence-electron chi connectivity index (χ0n) is 18.4. The quantitative estimate of drug-likeness (QED) is 0.713. The Bertz CT molecular complexity index is 916. The van der Waals surface area contributed by atoms with Crippen molar-refractivity contribution in [2.75, 3.05) is 38.7 Å². The molecular weight excluding hydrogens is 408 g/mol. The molecule has 1 N–H and O–H groups in total. The van der Waals surface area contributed by atoms with Crippen LogP contribution in [0.2, 0.25) is 0 Å². The van der Waals surface area contributed by atoms with Crippen LogP contribution in [0.1, 0.15) is 36.0 Å². The van der Waals surface area contributed by atoms with Crippen molar-refractivity contribution in [3.8, 4) is 11.5 Å². The van der Waals surface area contributed by atoms with Crippen LogP contribution >= 0.6 is 0 Å². The highest BCUT2D eigenvalue weighted by atomic mass is 16.5. The molecule has 0 aliphatic carbocycles. The first-order valence-corrected chi connectivity index (χ1v) is 11.2. The number of hydrogen-bond acceptors (Lipinski definition) is 5. The zero-order valence-corrected chi connectivity index (χ0v) is 18.4. The summed E-state index contributed by atoms with van der Waals surface area (Å²) in [4.78, 5) is 27.4. The molecule has 2 aliphatic rings. The number of ether oxygens (including phenoxy) is 3. The molecule has 0 saturated carbocycles. The first kappa shape index (κ1) is 22.1. The summed E-state index contributed by atoms with van der Waals surface area (Å²) in [5.74, 6) is 1.20. The van der Waals surface area contributed by atoms with E-state index < -0.39 is 0 Å². The lowest BCUT2D eigenvalue weighted by atomic mass is 9.95. The Morgan fingerprint density at radius 3 is 2.50 bits per heavy atom. The molecule has 2 fully saturated rings. The number of nitrogens with one attached hydrogen (secondary N) is 1. The largest absolute Gasteiger partial charge is 0.495 e. The highest BCUT2D eigenvalue weighted by Crippen LogP contribution is 2.26. The lowest BCUT2D eigenvalue weighted by Crippen LogP contribution is -2.41. The van der Waals surface area contributed by atoms with E-state index in [4.69, 9.17) is 14.2 Å². The summed E-state index contributed by atoms with van der Waals surface area (Å²) in [6.07, 6.45) is 3.55. The van der Waals surface area contributed by atoms with Crippen LogP contribution < -0.4 is 14.8 Å². The van der Waals surface area contributed by atoms with Crippen LogP contribution in [-0.2, 0) is 9.53 Å². The summed E-state index contributed by atoms with van der Waals surface area (Å²) in [6.45, 7) is 2.46. The number of likely N-dealkylation sites (tertiary alicyclic amines) is 1. The number of methoxy groups -OCH3 is 1. The number of carbonyl (C=O) groups excluding carboxylic acids is 2. The minimum Gasteiger partial charge on any atom is -0.495 e. The molecule has 2 aliphatic heterocycles. The van der Waals surface area contributed by atoms with Crippen LogP contribution in [0.25, 0.3) is 0 Å². The fourth-order valence-electron chi connectivity index (χ4n) is 4.17. The predicted octanol–water partition coefficient (Wildman–Crippen LogP) is 3.74. The summed E-state index contributed by atoms with van der Waals surface area (Å²) >= 11 is 0. The van der Waals surface area contributed by atoms with Crippen molar-refractivity contribution in [3.05, 3.63) is 54.1 Å². The third kappa shape index (κ3) is 5.40. The van der Waals surface area contributed by atoms with Gasteiger partial charge in [0.15, 0.2) is 0 Å². The lowest BCUT2D eigenvalue weighted by Gasteiger charge is -2.31. The molecule has 0 radical (unpaired) electrons. The van der Waals surface area contributed by atoms with Crippen molar-refractivity contribution >= 4 is 17.5 Å². The van der Waals surface area contributed by atoms with Crippen LogP contribution in [0.3, 0.4) is 0 Å². The maximum Gasteiger partial charge on any atom is 0.253 e. The third-order valence-electron chi connectivity index (χ3n) is 6.08. The van der Waals surface area contributed by atoms with Gasteiger partial charge in [-0.05, 0) is 62.1 Å². The predicted molar refractivity (Wildman–Crippen MR) is 121 cm³/mol. The fraction of sp³-hybridized carbons (Fsp3) is 0.440. The average molecular weight is 439 g/mol.